The van der Waals surface area contributed by atoms with E-state index in [1.165, 1.54) is 12.4 Å². The Morgan fingerprint density at radius 1 is 1.27 bits per heavy atom. The van der Waals surface area contributed by atoms with E-state index < -0.39 is 5.91 Å². The van der Waals surface area contributed by atoms with Crippen LogP contribution in [0, 0.1) is 0 Å². The molecule has 0 bridgehead atoms. The topological polar surface area (TPSA) is 72.8 Å². The molecule has 1 heterocycles. The summed E-state index contributed by atoms with van der Waals surface area (Å²) in [5, 5.41) is 4.01. The summed E-state index contributed by atoms with van der Waals surface area (Å²) in [4.78, 5) is 15.7. The SMILES string of the molecule is COc1ccc(/C=N/NC(=O)c2cccnc2Cl)cc1OC. The minimum atomic E-state index is -0.435. The molecule has 114 valence electrons. The number of hydrogen-bond donors (Lipinski definition) is 1. The van der Waals surface area contributed by atoms with E-state index in [4.69, 9.17) is 21.1 Å². The Kier molecular flexibility index (Phi) is 5.32. The van der Waals surface area contributed by atoms with E-state index in [1.807, 2.05) is 0 Å². The number of hydrazone groups is 1. The lowest BCUT2D eigenvalue weighted by Crippen LogP contribution is -2.18. The summed E-state index contributed by atoms with van der Waals surface area (Å²) < 4.78 is 10.3. The highest BCUT2D eigenvalue weighted by molar-refractivity contribution is 6.32. The second-order valence-electron chi connectivity index (χ2n) is 4.16. The van der Waals surface area contributed by atoms with Crippen molar-refractivity contribution >= 4 is 23.7 Å². The molecule has 0 aliphatic heterocycles. The maximum absolute atomic E-state index is 11.9. The van der Waals surface area contributed by atoms with Crippen LogP contribution < -0.4 is 14.9 Å². The fraction of sp³-hybridized carbons (Fsp3) is 0.133. The number of carbonyl (C=O) groups is 1. The molecule has 0 saturated carbocycles. The number of halogens is 1. The Morgan fingerprint density at radius 3 is 2.73 bits per heavy atom. The quantitative estimate of drug-likeness (QED) is 0.522. The molecule has 1 aromatic carbocycles. The van der Waals surface area contributed by atoms with Crippen LogP contribution in [-0.2, 0) is 0 Å². The normalized spacial score (nSPS) is 10.5. The third kappa shape index (κ3) is 3.73. The summed E-state index contributed by atoms with van der Waals surface area (Å²) in [6.45, 7) is 0. The minimum Gasteiger partial charge on any atom is -0.493 e. The average Bonchev–Trinajstić information content (AvgIpc) is 2.55. The van der Waals surface area contributed by atoms with Gasteiger partial charge >= 0.3 is 0 Å². The van der Waals surface area contributed by atoms with Crippen molar-refractivity contribution in [1.29, 1.82) is 0 Å². The van der Waals surface area contributed by atoms with Crippen molar-refractivity contribution in [1.82, 2.24) is 10.4 Å². The lowest BCUT2D eigenvalue weighted by Gasteiger charge is -2.07. The largest absolute Gasteiger partial charge is 0.493 e. The van der Waals surface area contributed by atoms with Gasteiger partial charge in [-0.3, -0.25) is 4.79 Å². The van der Waals surface area contributed by atoms with Gasteiger partial charge in [-0.25, -0.2) is 10.4 Å². The smallest absolute Gasteiger partial charge is 0.274 e. The van der Waals surface area contributed by atoms with Crippen molar-refractivity contribution in [2.24, 2.45) is 5.10 Å². The molecule has 22 heavy (non-hydrogen) atoms. The number of ether oxygens (including phenoxy) is 2. The van der Waals surface area contributed by atoms with Gasteiger partial charge in [0.25, 0.3) is 5.91 Å². The molecular weight excluding hydrogens is 306 g/mol. The first-order valence-electron chi connectivity index (χ1n) is 6.31. The van der Waals surface area contributed by atoms with Crippen LogP contribution in [0.25, 0.3) is 0 Å². The maximum Gasteiger partial charge on any atom is 0.274 e. The van der Waals surface area contributed by atoms with Gasteiger partial charge in [-0.05, 0) is 35.9 Å². The Hall–Kier alpha value is -2.60. The molecule has 0 aliphatic rings. The summed E-state index contributed by atoms with van der Waals surface area (Å²) >= 11 is 5.83. The van der Waals surface area contributed by atoms with Crippen LogP contribution in [0.5, 0.6) is 11.5 Å². The predicted octanol–water partition coefficient (Wildman–Crippen LogP) is 2.52. The summed E-state index contributed by atoms with van der Waals surface area (Å²) in [7, 11) is 3.11. The van der Waals surface area contributed by atoms with Gasteiger partial charge in [0, 0.05) is 6.20 Å². The Bertz CT molecular complexity index is 704. The third-order valence-electron chi connectivity index (χ3n) is 2.79. The predicted molar refractivity (Wildman–Crippen MR) is 83.9 cm³/mol. The number of pyridine rings is 1. The third-order valence-corrected chi connectivity index (χ3v) is 3.09. The zero-order chi connectivity index (χ0) is 15.9. The van der Waals surface area contributed by atoms with E-state index in [0.717, 1.165) is 5.56 Å². The van der Waals surface area contributed by atoms with Crippen molar-refractivity contribution in [2.75, 3.05) is 14.2 Å². The summed E-state index contributed by atoms with van der Waals surface area (Å²) in [6, 6.07) is 8.47. The fourth-order valence-electron chi connectivity index (χ4n) is 1.71. The highest BCUT2D eigenvalue weighted by Crippen LogP contribution is 2.26. The molecule has 0 fully saturated rings. The molecule has 6 nitrogen and oxygen atoms in total. The van der Waals surface area contributed by atoms with Gasteiger partial charge < -0.3 is 9.47 Å². The first kappa shape index (κ1) is 15.8. The Morgan fingerprint density at radius 2 is 2.05 bits per heavy atom. The van der Waals surface area contributed by atoms with E-state index in [2.05, 4.69) is 15.5 Å². The fourth-order valence-corrected chi connectivity index (χ4v) is 1.92. The first-order chi connectivity index (χ1) is 10.7. The van der Waals surface area contributed by atoms with Gasteiger partial charge in [-0.1, -0.05) is 11.6 Å². The van der Waals surface area contributed by atoms with Crippen LogP contribution in [0.4, 0.5) is 0 Å². The van der Waals surface area contributed by atoms with Gasteiger partial charge in [0.1, 0.15) is 5.15 Å². The molecule has 1 aromatic heterocycles. The second-order valence-corrected chi connectivity index (χ2v) is 4.51. The molecule has 0 atom stereocenters. The second kappa shape index (κ2) is 7.42. The minimum absolute atomic E-state index is 0.126. The molecule has 0 spiro atoms. The van der Waals surface area contributed by atoms with Crippen molar-refractivity contribution in [3.8, 4) is 11.5 Å². The lowest BCUT2D eigenvalue weighted by atomic mass is 10.2. The molecule has 0 aliphatic carbocycles. The zero-order valence-electron chi connectivity index (χ0n) is 12.0. The highest BCUT2D eigenvalue weighted by Gasteiger charge is 2.09. The van der Waals surface area contributed by atoms with E-state index in [1.54, 1.807) is 44.6 Å². The Labute approximate surface area is 132 Å². The summed E-state index contributed by atoms with van der Waals surface area (Å²) in [5.74, 6) is 0.758. The van der Waals surface area contributed by atoms with E-state index in [-0.39, 0.29) is 10.7 Å². The van der Waals surface area contributed by atoms with Crippen LogP contribution in [0.2, 0.25) is 5.15 Å². The molecule has 2 rings (SSSR count). The summed E-state index contributed by atoms with van der Waals surface area (Å²) in [5.41, 5.74) is 3.39. The van der Waals surface area contributed by atoms with Gasteiger partial charge in [0.15, 0.2) is 11.5 Å². The molecule has 7 heteroatoms. The number of nitrogens with zero attached hydrogens (tertiary/aromatic N) is 2. The lowest BCUT2D eigenvalue weighted by molar-refractivity contribution is 0.0955. The van der Waals surface area contributed by atoms with Gasteiger partial charge in [0.05, 0.1) is 26.0 Å². The van der Waals surface area contributed by atoms with E-state index >= 15 is 0 Å². The van der Waals surface area contributed by atoms with Gasteiger partial charge in [0.2, 0.25) is 0 Å². The maximum atomic E-state index is 11.9. The highest BCUT2D eigenvalue weighted by atomic mass is 35.5. The number of hydrogen-bond acceptors (Lipinski definition) is 5. The monoisotopic (exact) mass is 319 g/mol. The van der Waals surface area contributed by atoms with Crippen LogP contribution >= 0.6 is 11.6 Å². The van der Waals surface area contributed by atoms with Crippen LogP contribution in [0.3, 0.4) is 0 Å². The van der Waals surface area contributed by atoms with Crippen molar-refractivity contribution < 1.29 is 14.3 Å². The van der Waals surface area contributed by atoms with E-state index in [0.29, 0.717) is 11.5 Å². The Balaban J connectivity index is 2.07. The van der Waals surface area contributed by atoms with Crippen LogP contribution in [-0.4, -0.2) is 31.3 Å². The number of amides is 1. The van der Waals surface area contributed by atoms with Crippen LogP contribution in [0.1, 0.15) is 15.9 Å². The molecule has 0 radical (unpaired) electrons. The summed E-state index contributed by atoms with van der Waals surface area (Å²) in [6.07, 6.45) is 3.00. The van der Waals surface area contributed by atoms with Gasteiger partial charge in [-0.15, -0.1) is 0 Å². The van der Waals surface area contributed by atoms with Crippen molar-refractivity contribution in [2.45, 2.75) is 0 Å². The molecule has 1 amide bonds. The first-order valence-corrected chi connectivity index (χ1v) is 6.69. The van der Waals surface area contributed by atoms with Crippen molar-refractivity contribution in [3.63, 3.8) is 0 Å². The van der Waals surface area contributed by atoms with Crippen LogP contribution in [0.15, 0.2) is 41.6 Å². The number of carbonyl (C=O) groups excluding carboxylic acids is 1. The number of nitrogens with one attached hydrogen (secondary N) is 1. The average molecular weight is 320 g/mol. The van der Waals surface area contributed by atoms with Crippen molar-refractivity contribution in [3.05, 3.63) is 52.8 Å². The number of methoxy groups -OCH3 is 2. The standard InChI is InChI=1S/C15H14ClN3O3/c1-21-12-6-5-10(8-13(12)22-2)9-18-19-15(20)11-4-3-7-17-14(11)16/h3-9H,1-2H3,(H,19,20)/b18-9+. The molecule has 0 saturated heterocycles. The molecular formula is C15H14ClN3O3. The van der Waals surface area contributed by atoms with E-state index in [9.17, 15) is 4.79 Å². The van der Waals surface area contributed by atoms with Gasteiger partial charge in [-0.2, -0.15) is 5.10 Å². The molecule has 2 aromatic rings. The molecule has 0 unspecified atom stereocenters. The zero-order valence-corrected chi connectivity index (χ0v) is 12.8. The number of rotatable bonds is 5. The number of benzene rings is 1. The molecule has 1 N–H and O–H groups in total. The number of aromatic nitrogens is 1.